The van der Waals surface area contributed by atoms with Gasteiger partial charge >= 0.3 is 11.8 Å². The van der Waals surface area contributed by atoms with Crippen molar-refractivity contribution in [2.75, 3.05) is 10.6 Å². The lowest BCUT2D eigenvalue weighted by molar-refractivity contribution is -0.133. The number of nitrogens with one attached hydrogen (secondary N) is 2. The summed E-state index contributed by atoms with van der Waals surface area (Å²) in [6.07, 6.45) is 1.48. The number of hydrogen-bond donors (Lipinski definition) is 2. The predicted molar refractivity (Wildman–Crippen MR) is 87.4 cm³/mol. The van der Waals surface area contributed by atoms with E-state index in [0.717, 1.165) is 11.1 Å². The molecule has 0 aliphatic carbocycles. The van der Waals surface area contributed by atoms with Crippen molar-refractivity contribution in [1.82, 2.24) is 4.98 Å². The zero-order valence-electron chi connectivity index (χ0n) is 11.9. The number of amides is 2. The number of halogens is 2. The van der Waals surface area contributed by atoms with Crippen molar-refractivity contribution >= 4 is 46.4 Å². The lowest BCUT2D eigenvalue weighted by Gasteiger charge is -2.11. The van der Waals surface area contributed by atoms with E-state index in [2.05, 4.69) is 15.6 Å². The van der Waals surface area contributed by atoms with Crippen LogP contribution in [0.15, 0.2) is 30.5 Å². The molecule has 2 rings (SSSR count). The molecule has 0 bridgehead atoms. The first kappa shape index (κ1) is 16.3. The van der Waals surface area contributed by atoms with Crippen LogP contribution in [0, 0.1) is 13.8 Å². The van der Waals surface area contributed by atoms with E-state index in [1.54, 1.807) is 25.1 Å². The van der Waals surface area contributed by atoms with Crippen LogP contribution in [0.1, 0.15) is 11.1 Å². The van der Waals surface area contributed by atoms with Gasteiger partial charge in [-0.3, -0.25) is 9.59 Å². The van der Waals surface area contributed by atoms with Crippen molar-refractivity contribution in [2.45, 2.75) is 13.8 Å². The van der Waals surface area contributed by atoms with Crippen molar-refractivity contribution in [3.8, 4) is 0 Å². The monoisotopic (exact) mass is 337 g/mol. The fraction of sp³-hybridized carbons (Fsp3) is 0.133. The molecule has 0 unspecified atom stereocenters. The fourth-order valence-electron chi connectivity index (χ4n) is 1.90. The van der Waals surface area contributed by atoms with Crippen molar-refractivity contribution in [3.05, 3.63) is 51.8 Å². The molecule has 1 aromatic carbocycles. The Morgan fingerprint density at radius 3 is 2.41 bits per heavy atom. The molecule has 1 aromatic heterocycles. The van der Waals surface area contributed by atoms with Gasteiger partial charge < -0.3 is 10.6 Å². The molecule has 1 heterocycles. The third kappa shape index (κ3) is 3.75. The lowest BCUT2D eigenvalue weighted by Crippen LogP contribution is -2.29. The molecule has 2 aromatic rings. The predicted octanol–water partition coefficient (Wildman–Crippen LogP) is 3.58. The van der Waals surface area contributed by atoms with E-state index >= 15 is 0 Å². The van der Waals surface area contributed by atoms with E-state index in [1.165, 1.54) is 6.20 Å². The molecule has 0 saturated carbocycles. The minimum Gasteiger partial charge on any atom is -0.316 e. The molecule has 114 valence electrons. The first-order chi connectivity index (χ1) is 10.4. The van der Waals surface area contributed by atoms with Gasteiger partial charge in [0.05, 0.1) is 16.4 Å². The van der Waals surface area contributed by atoms with E-state index in [-0.39, 0.29) is 10.8 Å². The Balaban J connectivity index is 2.13. The topological polar surface area (TPSA) is 71.1 Å². The molecule has 7 heteroatoms. The molecule has 22 heavy (non-hydrogen) atoms. The van der Waals surface area contributed by atoms with Gasteiger partial charge in [-0.2, -0.15) is 0 Å². The SMILES string of the molecule is Cc1cc(C)c(NC(=O)C(=O)Nc2cccnc2Cl)c(Cl)c1. The van der Waals surface area contributed by atoms with Crippen LogP contribution in [-0.4, -0.2) is 16.8 Å². The van der Waals surface area contributed by atoms with Crippen LogP contribution >= 0.6 is 23.2 Å². The van der Waals surface area contributed by atoms with Crippen molar-refractivity contribution in [2.24, 2.45) is 0 Å². The molecule has 2 N–H and O–H groups in total. The van der Waals surface area contributed by atoms with Crippen LogP contribution < -0.4 is 10.6 Å². The summed E-state index contributed by atoms with van der Waals surface area (Å²) in [5.41, 5.74) is 2.40. The molecule has 0 saturated heterocycles. The quantitative estimate of drug-likeness (QED) is 0.649. The van der Waals surface area contributed by atoms with Crippen molar-refractivity contribution in [1.29, 1.82) is 0 Å². The number of nitrogens with zero attached hydrogens (tertiary/aromatic N) is 1. The standard InChI is InChI=1S/C15H13Cl2N3O2/c1-8-6-9(2)12(10(16)7-8)20-15(22)14(21)19-11-4-3-5-18-13(11)17/h3-7H,1-2H3,(H,19,21)(H,20,22). The second kappa shape index (κ2) is 6.77. The Kier molecular flexibility index (Phi) is 5.00. The number of aryl methyl sites for hydroxylation is 2. The van der Waals surface area contributed by atoms with Crippen LogP contribution in [0.5, 0.6) is 0 Å². The highest BCUT2D eigenvalue weighted by molar-refractivity contribution is 6.45. The highest BCUT2D eigenvalue weighted by Gasteiger charge is 2.18. The zero-order valence-corrected chi connectivity index (χ0v) is 13.4. The molecule has 0 fully saturated rings. The normalized spacial score (nSPS) is 10.2. The summed E-state index contributed by atoms with van der Waals surface area (Å²) in [5, 5.41) is 5.37. The molecule has 0 atom stereocenters. The highest BCUT2D eigenvalue weighted by Crippen LogP contribution is 2.27. The average molecular weight is 338 g/mol. The van der Waals surface area contributed by atoms with Gasteiger partial charge in [0, 0.05) is 6.20 Å². The number of anilines is 2. The summed E-state index contributed by atoms with van der Waals surface area (Å²) in [6.45, 7) is 3.69. The van der Waals surface area contributed by atoms with Crippen molar-refractivity contribution < 1.29 is 9.59 Å². The second-order valence-electron chi connectivity index (χ2n) is 4.69. The van der Waals surface area contributed by atoms with Gasteiger partial charge in [0.2, 0.25) is 0 Å². The van der Waals surface area contributed by atoms with E-state index in [1.807, 2.05) is 13.0 Å². The zero-order chi connectivity index (χ0) is 16.3. The maximum Gasteiger partial charge on any atom is 0.314 e. The third-order valence-corrected chi connectivity index (χ3v) is 3.48. The van der Waals surface area contributed by atoms with E-state index in [9.17, 15) is 9.59 Å². The molecular weight excluding hydrogens is 325 g/mol. The highest BCUT2D eigenvalue weighted by atomic mass is 35.5. The number of carbonyl (C=O) groups is 2. The number of aromatic nitrogens is 1. The van der Waals surface area contributed by atoms with E-state index < -0.39 is 11.8 Å². The number of pyridine rings is 1. The van der Waals surface area contributed by atoms with E-state index in [4.69, 9.17) is 23.2 Å². The largest absolute Gasteiger partial charge is 0.316 e. The lowest BCUT2D eigenvalue weighted by atomic mass is 10.1. The van der Waals surface area contributed by atoms with Gasteiger partial charge in [0.15, 0.2) is 5.15 Å². The van der Waals surface area contributed by atoms with Gasteiger partial charge in [0.1, 0.15) is 0 Å². The fourth-order valence-corrected chi connectivity index (χ4v) is 2.44. The smallest absolute Gasteiger partial charge is 0.314 e. The average Bonchev–Trinajstić information content (AvgIpc) is 2.45. The molecule has 0 spiro atoms. The molecule has 2 amide bonds. The summed E-state index contributed by atoms with van der Waals surface area (Å²) in [4.78, 5) is 27.7. The van der Waals surface area contributed by atoms with Gasteiger partial charge in [-0.1, -0.05) is 29.3 Å². The molecule has 0 aliphatic heterocycles. The van der Waals surface area contributed by atoms with Crippen LogP contribution in [0.2, 0.25) is 10.2 Å². The summed E-state index contributed by atoms with van der Waals surface area (Å²) in [5.74, 6) is -1.69. The minimum atomic E-state index is -0.856. The Hall–Kier alpha value is -2.11. The molecule has 0 radical (unpaired) electrons. The van der Waals surface area contributed by atoms with E-state index in [0.29, 0.717) is 10.7 Å². The van der Waals surface area contributed by atoms with Gasteiger partial charge in [0.25, 0.3) is 0 Å². The first-order valence-electron chi connectivity index (χ1n) is 6.38. The molecule has 5 nitrogen and oxygen atoms in total. The van der Waals surface area contributed by atoms with Crippen molar-refractivity contribution in [3.63, 3.8) is 0 Å². The van der Waals surface area contributed by atoms with Crippen LogP contribution in [0.4, 0.5) is 11.4 Å². The number of carbonyl (C=O) groups excluding carboxylic acids is 2. The Morgan fingerprint density at radius 1 is 1.09 bits per heavy atom. The Morgan fingerprint density at radius 2 is 1.77 bits per heavy atom. The Labute approximate surface area is 137 Å². The van der Waals surface area contributed by atoms with Gasteiger partial charge in [-0.25, -0.2) is 4.98 Å². The molecular formula is C15H13Cl2N3O2. The van der Waals surface area contributed by atoms with Crippen LogP contribution in [0.25, 0.3) is 0 Å². The third-order valence-electron chi connectivity index (χ3n) is 2.88. The Bertz CT molecular complexity index is 724. The number of benzene rings is 1. The summed E-state index contributed by atoms with van der Waals surface area (Å²) < 4.78 is 0. The maximum atomic E-state index is 12.0. The maximum absolute atomic E-state index is 12.0. The summed E-state index contributed by atoms with van der Waals surface area (Å²) in [6, 6.07) is 6.71. The first-order valence-corrected chi connectivity index (χ1v) is 7.13. The van der Waals surface area contributed by atoms with Crippen LogP contribution in [0.3, 0.4) is 0 Å². The summed E-state index contributed by atoms with van der Waals surface area (Å²) in [7, 11) is 0. The number of rotatable bonds is 2. The minimum absolute atomic E-state index is 0.105. The van der Waals surface area contributed by atoms with Gasteiger partial charge in [-0.15, -0.1) is 0 Å². The molecule has 0 aliphatic rings. The summed E-state index contributed by atoms with van der Waals surface area (Å²) >= 11 is 11.9. The second-order valence-corrected chi connectivity index (χ2v) is 5.45. The number of hydrogen-bond acceptors (Lipinski definition) is 3. The van der Waals surface area contributed by atoms with Crippen LogP contribution in [-0.2, 0) is 9.59 Å². The van der Waals surface area contributed by atoms with Gasteiger partial charge in [-0.05, 0) is 43.2 Å².